The largest absolute Gasteiger partial charge is 0.264 e. The zero-order chi connectivity index (χ0) is 12.4. The fourth-order valence-electron chi connectivity index (χ4n) is 3.33. The van der Waals surface area contributed by atoms with Gasteiger partial charge in [-0.2, -0.15) is 0 Å². The quantitative estimate of drug-likeness (QED) is 0.662. The highest BCUT2D eigenvalue weighted by atomic mass is 14.6. The van der Waals surface area contributed by atoms with E-state index in [1.807, 2.05) is 6.20 Å². The summed E-state index contributed by atoms with van der Waals surface area (Å²) < 4.78 is 0. The van der Waals surface area contributed by atoms with Crippen LogP contribution in [0.25, 0.3) is 5.57 Å². The van der Waals surface area contributed by atoms with Crippen LogP contribution in [-0.4, -0.2) is 4.98 Å². The predicted molar refractivity (Wildman–Crippen MR) is 76.2 cm³/mol. The van der Waals surface area contributed by atoms with Crippen LogP contribution in [0, 0.1) is 5.41 Å². The molecule has 18 heavy (non-hydrogen) atoms. The normalized spacial score (nSPS) is 20.7. The fraction of sp³-hybridized carbons (Fsp3) is 0.588. The van der Waals surface area contributed by atoms with Gasteiger partial charge in [0.25, 0.3) is 0 Å². The predicted octanol–water partition coefficient (Wildman–Crippen LogP) is 4.99. The molecule has 0 amide bonds. The number of rotatable bonds is 5. The second-order valence-corrected chi connectivity index (χ2v) is 6.13. The maximum atomic E-state index is 4.29. The zero-order valence-electron chi connectivity index (χ0n) is 11.4. The van der Waals surface area contributed by atoms with Crippen molar-refractivity contribution in [1.29, 1.82) is 0 Å². The van der Waals surface area contributed by atoms with Crippen LogP contribution in [0.2, 0.25) is 0 Å². The highest BCUT2D eigenvalue weighted by molar-refractivity contribution is 5.71. The van der Waals surface area contributed by atoms with Crippen LogP contribution < -0.4 is 0 Å². The van der Waals surface area contributed by atoms with E-state index in [4.69, 9.17) is 0 Å². The van der Waals surface area contributed by atoms with Crippen LogP contribution in [0.15, 0.2) is 30.1 Å². The summed E-state index contributed by atoms with van der Waals surface area (Å²) in [5, 5.41) is 0. The SMILES string of the molecule is CCCCCC1=C(c2cccnc2)CC2(CC2)C1. The molecule has 2 aliphatic rings. The molecule has 0 saturated heterocycles. The summed E-state index contributed by atoms with van der Waals surface area (Å²) in [5.74, 6) is 0. The standard InChI is InChI=1S/C17H23N/c1-2-3-4-6-14-11-17(8-9-17)12-16(14)15-7-5-10-18-13-15/h5,7,10,13H,2-4,6,8-9,11-12H2,1H3. The summed E-state index contributed by atoms with van der Waals surface area (Å²) in [5.41, 5.74) is 5.45. The number of allylic oxidation sites excluding steroid dienone is 2. The number of nitrogens with zero attached hydrogens (tertiary/aromatic N) is 1. The van der Waals surface area contributed by atoms with Gasteiger partial charge in [-0.1, -0.05) is 31.4 Å². The van der Waals surface area contributed by atoms with Crippen molar-refractivity contribution in [3.05, 3.63) is 35.7 Å². The molecule has 0 radical (unpaired) electrons. The van der Waals surface area contributed by atoms with E-state index in [0.717, 1.165) is 0 Å². The van der Waals surface area contributed by atoms with Crippen molar-refractivity contribution in [1.82, 2.24) is 4.98 Å². The average molecular weight is 241 g/mol. The molecule has 0 unspecified atom stereocenters. The van der Waals surface area contributed by atoms with E-state index in [-0.39, 0.29) is 0 Å². The molecule has 1 aromatic heterocycles. The van der Waals surface area contributed by atoms with E-state index in [0.29, 0.717) is 5.41 Å². The van der Waals surface area contributed by atoms with Gasteiger partial charge in [0.2, 0.25) is 0 Å². The van der Waals surface area contributed by atoms with Gasteiger partial charge < -0.3 is 0 Å². The first kappa shape index (κ1) is 12.0. The summed E-state index contributed by atoms with van der Waals surface area (Å²) in [4.78, 5) is 4.29. The van der Waals surface area contributed by atoms with Gasteiger partial charge in [0.15, 0.2) is 0 Å². The Labute approximate surface area is 110 Å². The van der Waals surface area contributed by atoms with E-state index in [9.17, 15) is 0 Å². The Balaban J connectivity index is 1.79. The highest BCUT2D eigenvalue weighted by Crippen LogP contribution is 2.62. The van der Waals surface area contributed by atoms with E-state index in [1.54, 1.807) is 11.1 Å². The molecule has 0 aromatic carbocycles. The lowest BCUT2D eigenvalue weighted by atomic mass is 10.00. The minimum atomic E-state index is 0.687. The van der Waals surface area contributed by atoms with Gasteiger partial charge in [0.1, 0.15) is 0 Å². The third-order valence-corrected chi connectivity index (χ3v) is 4.62. The first-order valence-corrected chi connectivity index (χ1v) is 7.44. The maximum absolute atomic E-state index is 4.29. The summed E-state index contributed by atoms with van der Waals surface area (Å²) in [7, 11) is 0. The third-order valence-electron chi connectivity index (χ3n) is 4.62. The van der Waals surface area contributed by atoms with Gasteiger partial charge >= 0.3 is 0 Å². The van der Waals surface area contributed by atoms with Crippen LogP contribution in [0.1, 0.15) is 63.9 Å². The van der Waals surface area contributed by atoms with Crippen LogP contribution in [0.5, 0.6) is 0 Å². The van der Waals surface area contributed by atoms with Gasteiger partial charge in [-0.15, -0.1) is 0 Å². The van der Waals surface area contributed by atoms with Gasteiger partial charge in [-0.25, -0.2) is 0 Å². The molecular weight excluding hydrogens is 218 g/mol. The fourth-order valence-corrected chi connectivity index (χ4v) is 3.33. The molecule has 1 heteroatoms. The number of unbranched alkanes of at least 4 members (excludes halogenated alkanes) is 2. The minimum Gasteiger partial charge on any atom is -0.264 e. The Morgan fingerprint density at radius 3 is 2.78 bits per heavy atom. The average Bonchev–Trinajstić information content (AvgIpc) is 3.05. The van der Waals surface area contributed by atoms with Crippen LogP contribution in [0.3, 0.4) is 0 Å². The van der Waals surface area contributed by atoms with Crippen molar-refractivity contribution in [3.8, 4) is 0 Å². The highest BCUT2D eigenvalue weighted by Gasteiger charge is 2.47. The molecule has 1 heterocycles. The Hall–Kier alpha value is -1.11. The lowest BCUT2D eigenvalue weighted by molar-refractivity contribution is 0.542. The zero-order valence-corrected chi connectivity index (χ0v) is 11.4. The lowest BCUT2D eigenvalue weighted by Crippen LogP contribution is -1.92. The molecule has 1 spiro atoms. The number of hydrogen-bond acceptors (Lipinski definition) is 1. The van der Waals surface area contributed by atoms with Crippen molar-refractivity contribution in [2.75, 3.05) is 0 Å². The van der Waals surface area contributed by atoms with Crippen molar-refractivity contribution < 1.29 is 0 Å². The molecule has 1 saturated carbocycles. The van der Waals surface area contributed by atoms with Gasteiger partial charge in [-0.05, 0) is 61.1 Å². The molecule has 1 nitrogen and oxygen atoms in total. The topological polar surface area (TPSA) is 12.9 Å². The molecule has 1 aromatic rings. The summed E-state index contributed by atoms with van der Waals surface area (Å²) >= 11 is 0. The van der Waals surface area contributed by atoms with Gasteiger partial charge in [0.05, 0.1) is 0 Å². The molecule has 96 valence electrons. The van der Waals surface area contributed by atoms with E-state index >= 15 is 0 Å². The smallest absolute Gasteiger partial charge is 0.0343 e. The molecule has 0 atom stereocenters. The number of hydrogen-bond donors (Lipinski definition) is 0. The lowest BCUT2D eigenvalue weighted by Gasteiger charge is -2.07. The molecule has 0 N–H and O–H groups in total. The van der Waals surface area contributed by atoms with Crippen LogP contribution in [-0.2, 0) is 0 Å². The second kappa shape index (κ2) is 4.87. The minimum absolute atomic E-state index is 0.687. The molecule has 2 aliphatic carbocycles. The molecule has 3 rings (SSSR count). The van der Waals surface area contributed by atoms with Crippen LogP contribution >= 0.6 is 0 Å². The number of pyridine rings is 1. The summed E-state index contributed by atoms with van der Waals surface area (Å²) in [6, 6.07) is 4.31. The second-order valence-electron chi connectivity index (χ2n) is 6.13. The maximum Gasteiger partial charge on any atom is 0.0343 e. The van der Waals surface area contributed by atoms with Crippen molar-refractivity contribution in [3.63, 3.8) is 0 Å². The summed E-state index contributed by atoms with van der Waals surface area (Å²) in [6.07, 6.45) is 14.9. The Bertz CT molecular complexity index is 440. The van der Waals surface area contributed by atoms with Crippen molar-refractivity contribution in [2.45, 2.75) is 58.3 Å². The molecular formula is C17H23N. The molecule has 0 bridgehead atoms. The molecule has 1 fully saturated rings. The van der Waals surface area contributed by atoms with Gasteiger partial charge in [-0.3, -0.25) is 4.98 Å². The van der Waals surface area contributed by atoms with Gasteiger partial charge in [0, 0.05) is 12.4 Å². The Morgan fingerprint density at radius 2 is 2.11 bits per heavy atom. The van der Waals surface area contributed by atoms with E-state index in [1.165, 1.54) is 56.9 Å². The van der Waals surface area contributed by atoms with Crippen LogP contribution in [0.4, 0.5) is 0 Å². The Morgan fingerprint density at radius 1 is 1.22 bits per heavy atom. The first-order chi connectivity index (χ1) is 8.83. The number of aromatic nitrogens is 1. The third kappa shape index (κ3) is 2.36. The van der Waals surface area contributed by atoms with E-state index in [2.05, 4.69) is 30.2 Å². The van der Waals surface area contributed by atoms with Crippen molar-refractivity contribution >= 4 is 5.57 Å². The molecule has 0 aliphatic heterocycles. The van der Waals surface area contributed by atoms with E-state index < -0.39 is 0 Å². The Kier molecular flexibility index (Phi) is 3.23. The van der Waals surface area contributed by atoms with Crippen molar-refractivity contribution in [2.24, 2.45) is 5.41 Å². The monoisotopic (exact) mass is 241 g/mol. The summed E-state index contributed by atoms with van der Waals surface area (Å²) in [6.45, 7) is 2.29. The first-order valence-electron chi connectivity index (χ1n) is 7.44.